The first-order chi connectivity index (χ1) is 6.25. The lowest BCUT2D eigenvalue weighted by Gasteiger charge is -2.19. The second-order valence-electron chi connectivity index (χ2n) is 3.50. The number of hydrogen-bond acceptors (Lipinski definition) is 4. The van der Waals surface area contributed by atoms with Crippen molar-refractivity contribution in [1.29, 1.82) is 0 Å². The van der Waals surface area contributed by atoms with Crippen molar-refractivity contribution >= 4 is 11.5 Å². The molecular weight excluding hydrogens is 182 g/mol. The molecule has 0 aliphatic rings. The molecule has 4 heteroatoms. The number of nitrogens with zero attached hydrogens (tertiary/aromatic N) is 2. The highest BCUT2D eigenvalue weighted by Gasteiger charge is 2.16. The van der Waals surface area contributed by atoms with E-state index in [2.05, 4.69) is 35.7 Å². The number of nitrogens with one attached hydrogen (secondary N) is 1. The molecule has 1 atom stereocenters. The zero-order valence-electron chi connectivity index (χ0n) is 8.45. The summed E-state index contributed by atoms with van der Waals surface area (Å²) in [5.41, 5.74) is 0. The van der Waals surface area contributed by atoms with Gasteiger partial charge in [0.1, 0.15) is 0 Å². The smallest absolute Gasteiger partial charge is 0.0669 e. The summed E-state index contributed by atoms with van der Waals surface area (Å²) < 4.78 is 3.89. The highest BCUT2D eigenvalue weighted by atomic mass is 32.1. The van der Waals surface area contributed by atoms with E-state index in [1.807, 2.05) is 6.20 Å². The van der Waals surface area contributed by atoms with Gasteiger partial charge in [0, 0.05) is 6.04 Å². The average Bonchev–Trinajstić information content (AvgIpc) is 2.57. The van der Waals surface area contributed by atoms with Crippen LogP contribution in [0.1, 0.15) is 38.1 Å². The second-order valence-corrected chi connectivity index (χ2v) is 4.31. The van der Waals surface area contributed by atoms with Crippen LogP contribution in [-0.4, -0.2) is 16.1 Å². The van der Waals surface area contributed by atoms with Gasteiger partial charge >= 0.3 is 0 Å². The van der Waals surface area contributed by atoms with Crippen molar-refractivity contribution in [3.8, 4) is 0 Å². The van der Waals surface area contributed by atoms with E-state index in [9.17, 15) is 0 Å². The Morgan fingerprint density at radius 2 is 2.31 bits per heavy atom. The van der Waals surface area contributed by atoms with Crippen LogP contribution in [0.4, 0.5) is 0 Å². The summed E-state index contributed by atoms with van der Waals surface area (Å²) in [6, 6.07) is 0.417. The van der Waals surface area contributed by atoms with Crippen molar-refractivity contribution in [2.24, 2.45) is 5.92 Å². The molecule has 0 spiro atoms. The van der Waals surface area contributed by atoms with Gasteiger partial charge in [-0.15, -0.1) is 5.10 Å². The lowest BCUT2D eigenvalue weighted by Crippen LogP contribution is -2.25. The normalized spacial score (nSPS) is 13.5. The lowest BCUT2D eigenvalue weighted by molar-refractivity contribution is 0.418. The standard InChI is InChI=1S/C9H17N3S/c1-4-5-10-9(7(2)3)8-6-11-12-13-8/h6-7,9-10H,4-5H2,1-3H3. The van der Waals surface area contributed by atoms with Crippen LogP contribution >= 0.6 is 11.5 Å². The van der Waals surface area contributed by atoms with E-state index in [1.165, 1.54) is 16.4 Å². The van der Waals surface area contributed by atoms with Crippen molar-refractivity contribution in [1.82, 2.24) is 14.9 Å². The predicted octanol–water partition coefficient (Wildman–Crippen LogP) is 2.23. The maximum absolute atomic E-state index is 3.89. The summed E-state index contributed by atoms with van der Waals surface area (Å²) in [7, 11) is 0. The summed E-state index contributed by atoms with van der Waals surface area (Å²) >= 11 is 1.49. The summed E-state index contributed by atoms with van der Waals surface area (Å²) in [5, 5.41) is 7.36. The maximum Gasteiger partial charge on any atom is 0.0669 e. The average molecular weight is 199 g/mol. The Balaban J connectivity index is 2.58. The van der Waals surface area contributed by atoms with Gasteiger partial charge in [0.05, 0.1) is 11.1 Å². The van der Waals surface area contributed by atoms with Gasteiger partial charge in [0.2, 0.25) is 0 Å². The Bertz CT molecular complexity index is 221. The quantitative estimate of drug-likeness (QED) is 0.790. The van der Waals surface area contributed by atoms with E-state index in [4.69, 9.17) is 0 Å². The molecule has 3 nitrogen and oxygen atoms in total. The van der Waals surface area contributed by atoms with Crippen LogP contribution in [0.15, 0.2) is 6.20 Å². The Labute approximate surface area is 83.7 Å². The number of rotatable bonds is 5. The molecule has 0 radical (unpaired) electrons. The lowest BCUT2D eigenvalue weighted by atomic mass is 10.0. The van der Waals surface area contributed by atoms with Gasteiger partial charge < -0.3 is 5.32 Å². The third-order valence-electron chi connectivity index (χ3n) is 1.97. The van der Waals surface area contributed by atoms with Gasteiger partial charge in [0.25, 0.3) is 0 Å². The van der Waals surface area contributed by atoms with Gasteiger partial charge in [0.15, 0.2) is 0 Å². The molecule has 1 N–H and O–H groups in total. The third kappa shape index (κ3) is 3.04. The van der Waals surface area contributed by atoms with Crippen LogP contribution in [-0.2, 0) is 0 Å². The topological polar surface area (TPSA) is 37.8 Å². The fourth-order valence-electron chi connectivity index (χ4n) is 1.28. The van der Waals surface area contributed by atoms with E-state index < -0.39 is 0 Å². The van der Waals surface area contributed by atoms with Crippen LogP contribution in [0.3, 0.4) is 0 Å². The molecule has 74 valence electrons. The second kappa shape index (κ2) is 5.29. The first kappa shape index (κ1) is 10.6. The van der Waals surface area contributed by atoms with Gasteiger partial charge in [-0.05, 0) is 30.4 Å². The Morgan fingerprint density at radius 3 is 2.77 bits per heavy atom. The first-order valence-corrected chi connectivity index (χ1v) is 5.53. The molecular formula is C9H17N3S. The summed E-state index contributed by atoms with van der Waals surface area (Å²) in [6.45, 7) is 7.66. The number of aromatic nitrogens is 2. The van der Waals surface area contributed by atoms with Crippen LogP contribution in [0.25, 0.3) is 0 Å². The molecule has 13 heavy (non-hydrogen) atoms. The maximum atomic E-state index is 3.89. The minimum absolute atomic E-state index is 0.417. The van der Waals surface area contributed by atoms with Crippen molar-refractivity contribution in [2.75, 3.05) is 6.54 Å². The highest BCUT2D eigenvalue weighted by Crippen LogP contribution is 2.22. The molecule has 1 unspecified atom stereocenters. The predicted molar refractivity (Wildman–Crippen MR) is 55.8 cm³/mol. The van der Waals surface area contributed by atoms with Crippen molar-refractivity contribution < 1.29 is 0 Å². The fourth-order valence-corrected chi connectivity index (χ4v) is 2.03. The SMILES string of the molecule is CCCNC(c1cnns1)C(C)C. The summed E-state index contributed by atoms with van der Waals surface area (Å²) in [5.74, 6) is 0.591. The van der Waals surface area contributed by atoms with E-state index >= 15 is 0 Å². The van der Waals surface area contributed by atoms with Gasteiger partial charge in [-0.1, -0.05) is 25.3 Å². The van der Waals surface area contributed by atoms with E-state index in [-0.39, 0.29) is 0 Å². The molecule has 0 aliphatic heterocycles. The van der Waals surface area contributed by atoms with Crippen molar-refractivity contribution in [2.45, 2.75) is 33.2 Å². The molecule has 1 aromatic heterocycles. The highest BCUT2D eigenvalue weighted by molar-refractivity contribution is 7.05. The van der Waals surface area contributed by atoms with Crippen LogP contribution in [0.2, 0.25) is 0 Å². The van der Waals surface area contributed by atoms with E-state index in [0.717, 1.165) is 13.0 Å². The molecule has 0 saturated heterocycles. The van der Waals surface area contributed by atoms with E-state index in [1.54, 1.807) is 0 Å². The van der Waals surface area contributed by atoms with Gasteiger partial charge in [-0.25, -0.2) is 0 Å². The van der Waals surface area contributed by atoms with Gasteiger partial charge in [-0.3, -0.25) is 0 Å². The van der Waals surface area contributed by atoms with Gasteiger partial charge in [-0.2, -0.15) is 0 Å². The molecule has 1 rings (SSSR count). The van der Waals surface area contributed by atoms with Crippen LogP contribution in [0.5, 0.6) is 0 Å². The van der Waals surface area contributed by atoms with Crippen LogP contribution < -0.4 is 5.32 Å². The van der Waals surface area contributed by atoms with Crippen molar-refractivity contribution in [3.63, 3.8) is 0 Å². The fraction of sp³-hybridized carbons (Fsp3) is 0.778. The Hall–Kier alpha value is -0.480. The zero-order chi connectivity index (χ0) is 9.68. The Morgan fingerprint density at radius 1 is 1.54 bits per heavy atom. The molecule has 1 aromatic rings. The molecule has 0 saturated carbocycles. The van der Waals surface area contributed by atoms with Crippen molar-refractivity contribution in [3.05, 3.63) is 11.1 Å². The zero-order valence-corrected chi connectivity index (χ0v) is 9.27. The first-order valence-electron chi connectivity index (χ1n) is 4.76. The third-order valence-corrected chi connectivity index (χ3v) is 2.71. The van der Waals surface area contributed by atoms with Crippen LogP contribution in [0, 0.1) is 5.92 Å². The molecule has 0 aliphatic carbocycles. The minimum Gasteiger partial charge on any atom is -0.309 e. The largest absolute Gasteiger partial charge is 0.309 e. The molecule has 0 fully saturated rings. The monoisotopic (exact) mass is 199 g/mol. The molecule has 0 amide bonds. The number of hydrogen-bond donors (Lipinski definition) is 1. The minimum atomic E-state index is 0.417. The molecule has 0 bridgehead atoms. The van der Waals surface area contributed by atoms with E-state index in [0.29, 0.717) is 12.0 Å². The molecule has 1 heterocycles. The summed E-state index contributed by atoms with van der Waals surface area (Å²) in [6.07, 6.45) is 3.02. The summed E-state index contributed by atoms with van der Waals surface area (Å²) in [4.78, 5) is 1.24. The Kier molecular flexibility index (Phi) is 4.32. The molecule has 0 aromatic carbocycles.